The summed E-state index contributed by atoms with van der Waals surface area (Å²) in [5.74, 6) is -0.0108. The zero-order valence-electron chi connectivity index (χ0n) is 18.1. The van der Waals surface area contributed by atoms with E-state index in [0.29, 0.717) is 18.7 Å². The molecule has 160 valence electrons. The molecule has 2 aromatic carbocycles. The van der Waals surface area contributed by atoms with Crippen molar-refractivity contribution in [3.8, 4) is 0 Å². The van der Waals surface area contributed by atoms with E-state index in [-0.39, 0.29) is 18.0 Å². The molecule has 0 spiro atoms. The van der Waals surface area contributed by atoms with E-state index in [2.05, 4.69) is 33.7 Å². The van der Waals surface area contributed by atoms with Crippen molar-refractivity contribution in [3.05, 3.63) is 65.2 Å². The fraction of sp³-hybridized carbons (Fsp3) is 0.417. The Bertz CT molecular complexity index is 858. The number of hydrogen-bond donors (Lipinski definition) is 2. The highest BCUT2D eigenvalue weighted by molar-refractivity contribution is 5.94. The maximum absolute atomic E-state index is 12.9. The number of carbonyl (C=O) groups excluding carboxylic acids is 2. The number of carbonyl (C=O) groups is 2. The largest absolute Gasteiger partial charge is 0.371 e. The second-order valence-electron chi connectivity index (χ2n) is 8.16. The molecule has 0 radical (unpaired) electrons. The van der Waals surface area contributed by atoms with Gasteiger partial charge in [-0.25, -0.2) is 4.79 Å². The number of anilines is 1. The molecule has 3 amide bonds. The molecule has 1 aliphatic heterocycles. The van der Waals surface area contributed by atoms with Gasteiger partial charge in [0.15, 0.2) is 0 Å². The molecule has 0 aromatic heterocycles. The monoisotopic (exact) mass is 408 g/mol. The number of urea groups is 1. The van der Waals surface area contributed by atoms with Gasteiger partial charge in [0, 0.05) is 50.5 Å². The third kappa shape index (κ3) is 5.75. The molecule has 2 N–H and O–H groups in total. The molecule has 0 saturated carbocycles. The second-order valence-corrected chi connectivity index (χ2v) is 8.16. The minimum Gasteiger partial charge on any atom is -0.371 e. The SMILES string of the molecule is CC(C)NC(=O)NCc1ccc(C(=O)N(C)Cc2ccccc2N2CCCC2)cc1. The molecule has 30 heavy (non-hydrogen) atoms. The first-order valence-electron chi connectivity index (χ1n) is 10.7. The molecule has 0 bridgehead atoms. The highest BCUT2D eigenvalue weighted by atomic mass is 16.2. The summed E-state index contributed by atoms with van der Waals surface area (Å²) in [7, 11) is 1.84. The van der Waals surface area contributed by atoms with Crippen molar-refractivity contribution in [2.24, 2.45) is 0 Å². The summed E-state index contributed by atoms with van der Waals surface area (Å²) in [6.07, 6.45) is 2.45. The normalized spacial score (nSPS) is 13.4. The second kappa shape index (κ2) is 10.1. The van der Waals surface area contributed by atoms with Crippen LogP contribution in [0.5, 0.6) is 0 Å². The Labute approximate surface area is 179 Å². The van der Waals surface area contributed by atoms with Gasteiger partial charge in [0.05, 0.1) is 0 Å². The van der Waals surface area contributed by atoms with Crippen LogP contribution in [0.3, 0.4) is 0 Å². The Morgan fingerprint density at radius 3 is 2.37 bits per heavy atom. The number of para-hydroxylation sites is 1. The smallest absolute Gasteiger partial charge is 0.315 e. The van der Waals surface area contributed by atoms with Gasteiger partial charge in [0.25, 0.3) is 5.91 Å². The summed E-state index contributed by atoms with van der Waals surface area (Å²) in [6, 6.07) is 15.7. The Kier molecular flexibility index (Phi) is 7.33. The molecule has 3 rings (SSSR count). The van der Waals surface area contributed by atoms with Gasteiger partial charge < -0.3 is 20.4 Å². The molecule has 2 aromatic rings. The van der Waals surface area contributed by atoms with Gasteiger partial charge in [-0.1, -0.05) is 30.3 Å². The first kappa shape index (κ1) is 21.7. The molecule has 6 heteroatoms. The molecule has 1 heterocycles. The number of benzene rings is 2. The highest BCUT2D eigenvalue weighted by Crippen LogP contribution is 2.25. The number of amides is 3. The lowest BCUT2D eigenvalue weighted by Gasteiger charge is -2.24. The van der Waals surface area contributed by atoms with E-state index in [0.717, 1.165) is 18.7 Å². The van der Waals surface area contributed by atoms with Crippen LogP contribution >= 0.6 is 0 Å². The molecule has 1 aliphatic rings. The number of rotatable bonds is 7. The molecule has 0 unspecified atom stereocenters. The number of hydrogen-bond acceptors (Lipinski definition) is 3. The average molecular weight is 409 g/mol. The quantitative estimate of drug-likeness (QED) is 0.733. The zero-order valence-corrected chi connectivity index (χ0v) is 18.1. The molecule has 6 nitrogen and oxygen atoms in total. The zero-order chi connectivity index (χ0) is 21.5. The van der Waals surface area contributed by atoms with E-state index in [1.807, 2.05) is 51.2 Å². The van der Waals surface area contributed by atoms with E-state index in [1.54, 1.807) is 4.90 Å². The molecular weight excluding hydrogens is 376 g/mol. The van der Waals surface area contributed by atoms with Crippen LogP contribution in [0.2, 0.25) is 0 Å². The third-order valence-corrected chi connectivity index (χ3v) is 5.27. The predicted molar refractivity (Wildman–Crippen MR) is 121 cm³/mol. The maximum Gasteiger partial charge on any atom is 0.315 e. The fourth-order valence-corrected chi connectivity index (χ4v) is 3.72. The molecule has 1 fully saturated rings. The number of nitrogens with zero attached hydrogens (tertiary/aromatic N) is 2. The molecular formula is C24H32N4O2. The summed E-state index contributed by atoms with van der Waals surface area (Å²) in [5, 5.41) is 5.61. The van der Waals surface area contributed by atoms with Crippen LogP contribution < -0.4 is 15.5 Å². The Morgan fingerprint density at radius 2 is 1.70 bits per heavy atom. The predicted octanol–water partition coefficient (Wildman–Crippen LogP) is 3.77. The van der Waals surface area contributed by atoms with E-state index >= 15 is 0 Å². The Hall–Kier alpha value is -3.02. The van der Waals surface area contributed by atoms with Gasteiger partial charge in [0.1, 0.15) is 0 Å². The lowest BCUT2D eigenvalue weighted by Crippen LogP contribution is -2.39. The standard InChI is InChI=1S/C24H32N4O2/c1-18(2)26-24(30)25-16-19-10-12-20(13-11-19)23(29)27(3)17-21-8-4-5-9-22(21)28-14-6-7-15-28/h4-5,8-13,18H,6-7,14-17H2,1-3H3,(H2,25,26,30). The summed E-state index contributed by atoms with van der Waals surface area (Å²) in [4.78, 5) is 28.8. The van der Waals surface area contributed by atoms with Crippen LogP contribution in [-0.4, -0.2) is 43.0 Å². The van der Waals surface area contributed by atoms with Crippen LogP contribution in [0, 0.1) is 0 Å². The summed E-state index contributed by atoms with van der Waals surface area (Å²) < 4.78 is 0. The molecule has 0 atom stereocenters. The van der Waals surface area contributed by atoms with Crippen molar-refractivity contribution in [2.45, 2.75) is 45.8 Å². The lowest BCUT2D eigenvalue weighted by molar-refractivity contribution is 0.0785. The van der Waals surface area contributed by atoms with E-state index in [1.165, 1.54) is 24.1 Å². The van der Waals surface area contributed by atoms with Gasteiger partial charge in [0.2, 0.25) is 0 Å². The summed E-state index contributed by atoms with van der Waals surface area (Å²) in [5.41, 5.74) is 4.00. The fourth-order valence-electron chi connectivity index (χ4n) is 3.72. The van der Waals surface area contributed by atoms with Crippen molar-refractivity contribution < 1.29 is 9.59 Å². The van der Waals surface area contributed by atoms with E-state index in [4.69, 9.17) is 0 Å². The minimum atomic E-state index is -0.193. The van der Waals surface area contributed by atoms with Gasteiger partial charge >= 0.3 is 6.03 Å². The maximum atomic E-state index is 12.9. The molecule has 0 aliphatic carbocycles. The Morgan fingerprint density at radius 1 is 1.03 bits per heavy atom. The topological polar surface area (TPSA) is 64.7 Å². The lowest BCUT2D eigenvalue weighted by atomic mass is 10.1. The van der Waals surface area contributed by atoms with Gasteiger partial charge in [-0.05, 0) is 56.0 Å². The van der Waals surface area contributed by atoms with Crippen LogP contribution in [0.4, 0.5) is 10.5 Å². The first-order valence-corrected chi connectivity index (χ1v) is 10.7. The van der Waals surface area contributed by atoms with E-state index < -0.39 is 0 Å². The molecule has 1 saturated heterocycles. The van der Waals surface area contributed by atoms with Crippen molar-refractivity contribution in [1.29, 1.82) is 0 Å². The van der Waals surface area contributed by atoms with Gasteiger partial charge in [-0.3, -0.25) is 4.79 Å². The van der Waals surface area contributed by atoms with Crippen molar-refractivity contribution in [2.75, 3.05) is 25.0 Å². The van der Waals surface area contributed by atoms with E-state index in [9.17, 15) is 9.59 Å². The van der Waals surface area contributed by atoms with Crippen molar-refractivity contribution in [1.82, 2.24) is 15.5 Å². The van der Waals surface area contributed by atoms with Gasteiger partial charge in [-0.15, -0.1) is 0 Å². The number of nitrogens with one attached hydrogen (secondary N) is 2. The first-order chi connectivity index (χ1) is 14.4. The van der Waals surface area contributed by atoms with Crippen LogP contribution in [0.1, 0.15) is 48.2 Å². The van der Waals surface area contributed by atoms with Crippen LogP contribution in [0.25, 0.3) is 0 Å². The average Bonchev–Trinajstić information content (AvgIpc) is 3.26. The summed E-state index contributed by atoms with van der Waals surface area (Å²) >= 11 is 0. The summed E-state index contributed by atoms with van der Waals surface area (Å²) in [6.45, 7) is 7.00. The van der Waals surface area contributed by atoms with Crippen molar-refractivity contribution in [3.63, 3.8) is 0 Å². The minimum absolute atomic E-state index is 0.0108. The van der Waals surface area contributed by atoms with Crippen LogP contribution in [-0.2, 0) is 13.1 Å². The van der Waals surface area contributed by atoms with Gasteiger partial charge in [-0.2, -0.15) is 0 Å². The van der Waals surface area contributed by atoms with Crippen LogP contribution in [0.15, 0.2) is 48.5 Å². The van der Waals surface area contributed by atoms with Crippen molar-refractivity contribution >= 4 is 17.6 Å². The third-order valence-electron chi connectivity index (χ3n) is 5.27. The Balaban J connectivity index is 1.59. The highest BCUT2D eigenvalue weighted by Gasteiger charge is 2.18.